The average Bonchev–Trinajstić information content (AvgIpc) is 2.79. The lowest BCUT2D eigenvalue weighted by atomic mass is 10.1. The molecule has 0 aliphatic rings. The summed E-state index contributed by atoms with van der Waals surface area (Å²) in [5.41, 5.74) is -0.416. The minimum absolute atomic E-state index is 0.188. The van der Waals surface area contributed by atoms with Crippen LogP contribution in [0.4, 0.5) is 0 Å². The molecule has 0 bridgehead atoms. The van der Waals surface area contributed by atoms with E-state index in [-0.39, 0.29) is 11.5 Å². The quantitative estimate of drug-likeness (QED) is 0.117. The van der Waals surface area contributed by atoms with Crippen LogP contribution in [0.15, 0.2) is 39.6 Å². The van der Waals surface area contributed by atoms with Crippen molar-refractivity contribution in [2.75, 3.05) is 13.2 Å². The van der Waals surface area contributed by atoms with Gasteiger partial charge < -0.3 is 18.6 Å². The molecule has 0 spiro atoms. The molecule has 6 nitrogen and oxygen atoms in total. The molecular weight excluding hydrogens is 420 g/mol. The van der Waals surface area contributed by atoms with E-state index in [1.54, 1.807) is 12.1 Å². The van der Waals surface area contributed by atoms with Crippen LogP contribution in [0, 0.1) is 0 Å². The highest BCUT2D eigenvalue weighted by atomic mass is 16.6. The number of carbonyl (C=O) groups is 1. The third-order valence-corrected chi connectivity index (χ3v) is 5.24. The smallest absolute Gasteiger partial charge is 0.383 e. The van der Waals surface area contributed by atoms with Crippen molar-refractivity contribution < 1.29 is 23.4 Å². The lowest BCUT2D eigenvalue weighted by molar-refractivity contribution is -0.132. The van der Waals surface area contributed by atoms with E-state index in [4.69, 9.17) is 18.6 Å². The third kappa shape index (κ3) is 8.95. The number of esters is 1. The number of ether oxygens (including phenoxy) is 3. The molecule has 2 rings (SSSR count). The lowest BCUT2D eigenvalue weighted by Gasteiger charge is -2.15. The van der Waals surface area contributed by atoms with Gasteiger partial charge in [0.1, 0.15) is 16.7 Å². The predicted molar refractivity (Wildman–Crippen MR) is 131 cm³/mol. The number of rotatable bonds is 16. The van der Waals surface area contributed by atoms with Crippen molar-refractivity contribution in [2.45, 2.75) is 85.0 Å². The molecule has 0 amide bonds. The minimum Gasteiger partial charge on any atom is -0.493 e. The first kappa shape index (κ1) is 26.5. The topological polar surface area (TPSA) is 75.0 Å². The molecule has 2 aromatic rings. The average molecular weight is 459 g/mol. The van der Waals surface area contributed by atoms with Crippen LogP contribution < -0.4 is 19.8 Å². The fourth-order valence-corrected chi connectivity index (χ4v) is 3.59. The molecular formula is C27H38O6. The Bertz CT molecular complexity index is 944. The van der Waals surface area contributed by atoms with Crippen molar-refractivity contribution in [3.05, 3.63) is 40.8 Å². The molecule has 0 aliphatic heterocycles. The molecule has 1 heterocycles. The van der Waals surface area contributed by atoms with Crippen LogP contribution in [0.25, 0.3) is 11.0 Å². The summed E-state index contributed by atoms with van der Waals surface area (Å²) in [4.78, 5) is 24.1. The van der Waals surface area contributed by atoms with Crippen molar-refractivity contribution >= 4 is 16.9 Å². The van der Waals surface area contributed by atoms with E-state index in [1.165, 1.54) is 45.4 Å². The molecule has 0 saturated heterocycles. The van der Waals surface area contributed by atoms with Gasteiger partial charge in [-0.15, -0.1) is 0 Å². The first-order valence-corrected chi connectivity index (χ1v) is 12.3. The molecule has 0 atom stereocenters. The lowest BCUT2D eigenvalue weighted by Crippen LogP contribution is -2.14. The summed E-state index contributed by atoms with van der Waals surface area (Å²) in [6.07, 6.45) is 15.4. The van der Waals surface area contributed by atoms with Gasteiger partial charge in [0.15, 0.2) is 5.75 Å². The van der Waals surface area contributed by atoms with Crippen molar-refractivity contribution in [3.63, 3.8) is 0 Å². The van der Waals surface area contributed by atoms with Crippen LogP contribution in [0.3, 0.4) is 0 Å². The van der Waals surface area contributed by atoms with E-state index in [1.807, 2.05) is 18.2 Å². The summed E-state index contributed by atoms with van der Waals surface area (Å²) in [7, 11) is 0. The fraction of sp³-hybridized carbons (Fsp3) is 0.556. The SMILES string of the molecule is CC/C=C/CCOc1c(OC(C)=O)c(=O)oc2cccc(OCCCCCCCCCC)c12. The highest BCUT2D eigenvalue weighted by molar-refractivity contribution is 5.92. The number of benzene rings is 1. The Morgan fingerprint density at radius 2 is 1.64 bits per heavy atom. The standard InChI is InChI=1S/C27H38O6/c1-4-6-8-10-11-12-13-15-19-30-22-17-16-18-23-24(22)25(31-20-14-9-7-5-2)26(27(29)33-23)32-21(3)28/h7,9,16-18H,4-6,8,10-15,19-20H2,1-3H3/b9-7+. The van der Waals surface area contributed by atoms with Crippen molar-refractivity contribution in [3.8, 4) is 17.2 Å². The molecule has 0 radical (unpaired) electrons. The van der Waals surface area contributed by atoms with E-state index in [2.05, 4.69) is 13.8 Å². The maximum absolute atomic E-state index is 12.5. The van der Waals surface area contributed by atoms with E-state index in [9.17, 15) is 9.59 Å². The molecule has 0 N–H and O–H groups in total. The molecule has 0 unspecified atom stereocenters. The Balaban J connectivity index is 2.14. The Hall–Kier alpha value is -2.76. The molecule has 33 heavy (non-hydrogen) atoms. The van der Waals surface area contributed by atoms with Gasteiger partial charge in [0.05, 0.1) is 13.2 Å². The van der Waals surface area contributed by atoms with Gasteiger partial charge in [-0.3, -0.25) is 4.79 Å². The summed E-state index contributed by atoms with van der Waals surface area (Å²) in [6, 6.07) is 5.27. The van der Waals surface area contributed by atoms with Crippen molar-refractivity contribution in [2.24, 2.45) is 0 Å². The van der Waals surface area contributed by atoms with Crippen LogP contribution in [-0.2, 0) is 4.79 Å². The van der Waals surface area contributed by atoms with Crippen molar-refractivity contribution in [1.29, 1.82) is 0 Å². The summed E-state index contributed by atoms with van der Waals surface area (Å²) < 4.78 is 22.6. The molecule has 0 aliphatic carbocycles. The maximum Gasteiger partial charge on any atom is 0.383 e. The molecule has 1 aromatic heterocycles. The Morgan fingerprint density at radius 3 is 2.33 bits per heavy atom. The van der Waals surface area contributed by atoms with Crippen LogP contribution in [0.1, 0.15) is 85.0 Å². The van der Waals surface area contributed by atoms with Gasteiger partial charge in [-0.1, -0.05) is 77.0 Å². The van der Waals surface area contributed by atoms with Crippen LogP contribution >= 0.6 is 0 Å². The summed E-state index contributed by atoms with van der Waals surface area (Å²) in [5.74, 6) is -0.119. The highest BCUT2D eigenvalue weighted by Gasteiger charge is 2.22. The normalized spacial score (nSPS) is 11.2. The van der Waals surface area contributed by atoms with Gasteiger partial charge in [-0.25, -0.2) is 4.79 Å². The van der Waals surface area contributed by atoms with E-state index in [0.29, 0.717) is 36.4 Å². The van der Waals surface area contributed by atoms with E-state index in [0.717, 1.165) is 19.3 Å². The van der Waals surface area contributed by atoms with Crippen LogP contribution in [-0.4, -0.2) is 19.2 Å². The number of hydrogen-bond acceptors (Lipinski definition) is 6. The summed E-state index contributed by atoms with van der Waals surface area (Å²) >= 11 is 0. The Morgan fingerprint density at radius 1 is 0.909 bits per heavy atom. The van der Waals surface area contributed by atoms with Gasteiger partial charge in [0.25, 0.3) is 5.75 Å². The molecule has 1 aromatic carbocycles. The van der Waals surface area contributed by atoms with Gasteiger partial charge in [0, 0.05) is 6.92 Å². The molecule has 182 valence electrons. The zero-order valence-corrected chi connectivity index (χ0v) is 20.3. The number of unbranched alkanes of at least 4 members (excludes halogenated alkanes) is 7. The second-order valence-corrected chi connectivity index (χ2v) is 8.11. The van der Waals surface area contributed by atoms with Gasteiger partial charge in [-0.2, -0.15) is 0 Å². The highest BCUT2D eigenvalue weighted by Crippen LogP contribution is 2.39. The predicted octanol–water partition coefficient (Wildman–Crippen LogP) is 6.97. The van der Waals surface area contributed by atoms with Gasteiger partial charge in [-0.05, 0) is 31.4 Å². The van der Waals surface area contributed by atoms with Crippen molar-refractivity contribution in [1.82, 2.24) is 0 Å². The van der Waals surface area contributed by atoms with Gasteiger partial charge in [0.2, 0.25) is 0 Å². The fourth-order valence-electron chi connectivity index (χ4n) is 3.59. The zero-order valence-electron chi connectivity index (χ0n) is 20.3. The largest absolute Gasteiger partial charge is 0.493 e. The maximum atomic E-state index is 12.5. The summed E-state index contributed by atoms with van der Waals surface area (Å²) in [5, 5.41) is 0.507. The Labute approximate surface area is 196 Å². The van der Waals surface area contributed by atoms with Gasteiger partial charge >= 0.3 is 11.6 Å². The van der Waals surface area contributed by atoms with E-state index < -0.39 is 11.6 Å². The second-order valence-electron chi connectivity index (χ2n) is 8.11. The van der Waals surface area contributed by atoms with Crippen LogP contribution in [0.2, 0.25) is 0 Å². The zero-order chi connectivity index (χ0) is 23.9. The first-order chi connectivity index (χ1) is 16.1. The van der Waals surface area contributed by atoms with Crippen LogP contribution in [0.5, 0.6) is 17.2 Å². The number of hydrogen-bond donors (Lipinski definition) is 0. The minimum atomic E-state index is -0.753. The molecule has 0 saturated carbocycles. The first-order valence-electron chi connectivity index (χ1n) is 12.3. The monoisotopic (exact) mass is 458 g/mol. The molecule has 6 heteroatoms. The number of carbonyl (C=O) groups excluding carboxylic acids is 1. The second kappa shape index (κ2) is 15.1. The Kier molecular flexibility index (Phi) is 12.2. The third-order valence-electron chi connectivity index (χ3n) is 5.24. The number of fused-ring (bicyclic) bond motifs is 1. The van der Waals surface area contributed by atoms with E-state index >= 15 is 0 Å². The summed E-state index contributed by atoms with van der Waals surface area (Å²) in [6.45, 7) is 6.40. The number of allylic oxidation sites excluding steroid dienone is 1. The molecule has 0 fully saturated rings.